The first-order chi connectivity index (χ1) is 15.1. The minimum absolute atomic E-state index is 0.0804. The van der Waals surface area contributed by atoms with Crippen LogP contribution in [0, 0.1) is 5.92 Å². The van der Waals surface area contributed by atoms with Crippen LogP contribution in [0.15, 0.2) is 29.2 Å². The molecule has 0 radical (unpaired) electrons. The molecule has 7 nitrogen and oxygen atoms in total. The SMILES string of the molecule is CCN(CC)S(=O)(=O)c1cccc(C(=O)N[C@H](C(=O)N(C)C2CCCCCC2)C(C)C)c1. The Labute approximate surface area is 193 Å². The fourth-order valence-corrected chi connectivity index (χ4v) is 5.80. The van der Waals surface area contributed by atoms with Gasteiger partial charge in [0.05, 0.1) is 4.90 Å². The number of benzene rings is 1. The first kappa shape index (κ1) is 26.3. The Morgan fingerprint density at radius 1 is 1.06 bits per heavy atom. The lowest BCUT2D eigenvalue weighted by molar-refractivity contribution is -0.135. The molecule has 8 heteroatoms. The second-order valence-corrected chi connectivity index (χ2v) is 10.8. The van der Waals surface area contributed by atoms with Crippen molar-refractivity contribution >= 4 is 21.8 Å². The van der Waals surface area contributed by atoms with Crippen LogP contribution in [-0.2, 0) is 14.8 Å². The van der Waals surface area contributed by atoms with E-state index in [0.29, 0.717) is 13.1 Å². The summed E-state index contributed by atoms with van der Waals surface area (Å²) in [5.74, 6) is -0.627. The highest BCUT2D eigenvalue weighted by molar-refractivity contribution is 7.89. The first-order valence-corrected chi connectivity index (χ1v) is 13.2. The molecule has 1 saturated carbocycles. The van der Waals surface area contributed by atoms with Crippen LogP contribution in [-0.4, -0.2) is 61.7 Å². The van der Waals surface area contributed by atoms with Crippen molar-refractivity contribution in [2.45, 2.75) is 83.2 Å². The summed E-state index contributed by atoms with van der Waals surface area (Å²) in [6, 6.07) is 5.56. The van der Waals surface area contributed by atoms with E-state index in [2.05, 4.69) is 5.32 Å². The summed E-state index contributed by atoms with van der Waals surface area (Å²) in [5, 5.41) is 2.87. The fraction of sp³-hybridized carbons (Fsp3) is 0.667. The molecule has 1 N–H and O–H groups in total. The van der Waals surface area contributed by atoms with Gasteiger partial charge >= 0.3 is 0 Å². The lowest BCUT2D eigenvalue weighted by atomic mass is 10.00. The number of hydrogen-bond donors (Lipinski definition) is 1. The summed E-state index contributed by atoms with van der Waals surface area (Å²) in [6.45, 7) is 8.08. The predicted molar refractivity (Wildman–Crippen MR) is 127 cm³/mol. The second-order valence-electron chi connectivity index (χ2n) is 8.91. The van der Waals surface area contributed by atoms with E-state index in [9.17, 15) is 18.0 Å². The summed E-state index contributed by atoms with van der Waals surface area (Å²) in [7, 11) is -1.84. The Bertz CT molecular complexity index is 873. The normalized spacial score (nSPS) is 16.6. The van der Waals surface area contributed by atoms with Gasteiger partial charge in [-0.2, -0.15) is 4.31 Å². The minimum Gasteiger partial charge on any atom is -0.341 e. The maximum Gasteiger partial charge on any atom is 0.251 e. The third-order valence-electron chi connectivity index (χ3n) is 6.38. The lowest BCUT2D eigenvalue weighted by Crippen LogP contribution is -2.52. The topological polar surface area (TPSA) is 86.8 Å². The average molecular weight is 466 g/mol. The van der Waals surface area contributed by atoms with Crippen molar-refractivity contribution in [1.29, 1.82) is 0 Å². The molecule has 1 fully saturated rings. The Hall–Kier alpha value is -1.93. The van der Waals surface area contributed by atoms with E-state index in [1.165, 1.54) is 29.3 Å². The van der Waals surface area contributed by atoms with Gasteiger partial charge in [-0.1, -0.05) is 59.4 Å². The molecule has 1 aliphatic carbocycles. The number of nitrogens with zero attached hydrogens (tertiary/aromatic N) is 2. The molecule has 0 saturated heterocycles. The van der Waals surface area contributed by atoms with Crippen LogP contribution < -0.4 is 5.32 Å². The molecule has 0 aliphatic heterocycles. The zero-order valence-electron chi connectivity index (χ0n) is 20.1. The molecule has 0 aromatic heterocycles. The van der Waals surface area contributed by atoms with E-state index in [4.69, 9.17) is 0 Å². The molecule has 0 unspecified atom stereocenters. The zero-order valence-corrected chi connectivity index (χ0v) is 21.0. The van der Waals surface area contributed by atoms with E-state index in [1.807, 2.05) is 20.9 Å². The maximum atomic E-state index is 13.3. The zero-order chi connectivity index (χ0) is 23.9. The number of hydrogen-bond acceptors (Lipinski definition) is 4. The number of sulfonamides is 1. The van der Waals surface area contributed by atoms with Crippen LogP contribution in [0.4, 0.5) is 0 Å². The second kappa shape index (κ2) is 11.8. The first-order valence-electron chi connectivity index (χ1n) is 11.8. The van der Waals surface area contributed by atoms with E-state index in [0.717, 1.165) is 25.7 Å². The van der Waals surface area contributed by atoms with Gasteiger partial charge in [-0.25, -0.2) is 8.42 Å². The average Bonchev–Trinajstić information content (AvgIpc) is 3.06. The smallest absolute Gasteiger partial charge is 0.251 e. The molecule has 0 heterocycles. The highest BCUT2D eigenvalue weighted by Gasteiger charge is 2.31. The van der Waals surface area contributed by atoms with Crippen molar-refractivity contribution in [2.24, 2.45) is 5.92 Å². The summed E-state index contributed by atoms with van der Waals surface area (Å²) in [5.41, 5.74) is 0.230. The van der Waals surface area contributed by atoms with Crippen molar-refractivity contribution in [2.75, 3.05) is 20.1 Å². The van der Waals surface area contributed by atoms with Crippen LogP contribution in [0.3, 0.4) is 0 Å². The number of rotatable bonds is 9. The van der Waals surface area contributed by atoms with Gasteiger partial charge in [-0.15, -0.1) is 0 Å². The monoisotopic (exact) mass is 465 g/mol. The molecular formula is C24H39N3O4S. The largest absolute Gasteiger partial charge is 0.341 e. The molecule has 0 bridgehead atoms. The molecule has 1 aromatic carbocycles. The van der Waals surface area contributed by atoms with Crippen molar-refractivity contribution in [3.05, 3.63) is 29.8 Å². The van der Waals surface area contributed by atoms with Gasteiger partial charge < -0.3 is 10.2 Å². The van der Waals surface area contributed by atoms with Gasteiger partial charge in [0.25, 0.3) is 5.91 Å². The third kappa shape index (κ3) is 6.32. The molecule has 1 aromatic rings. The Morgan fingerprint density at radius 3 is 2.19 bits per heavy atom. The Balaban J connectivity index is 2.20. The highest BCUT2D eigenvalue weighted by Crippen LogP contribution is 2.23. The van der Waals surface area contributed by atoms with Crippen LogP contribution >= 0.6 is 0 Å². The number of amides is 2. The Kier molecular flexibility index (Phi) is 9.70. The molecule has 32 heavy (non-hydrogen) atoms. The summed E-state index contributed by atoms with van der Waals surface area (Å²) >= 11 is 0. The van der Waals surface area contributed by atoms with Crippen molar-refractivity contribution < 1.29 is 18.0 Å². The number of nitrogens with one attached hydrogen (secondary N) is 1. The van der Waals surface area contributed by atoms with Gasteiger partial charge in [-0.3, -0.25) is 9.59 Å². The molecular weight excluding hydrogens is 426 g/mol. The molecule has 2 amide bonds. The molecule has 2 rings (SSSR count). The van der Waals surface area contributed by atoms with E-state index >= 15 is 0 Å². The lowest BCUT2D eigenvalue weighted by Gasteiger charge is -2.32. The van der Waals surface area contributed by atoms with Crippen molar-refractivity contribution in [3.8, 4) is 0 Å². The van der Waals surface area contributed by atoms with Crippen LogP contribution in [0.5, 0.6) is 0 Å². The summed E-state index contributed by atoms with van der Waals surface area (Å²) in [4.78, 5) is 28.2. The van der Waals surface area contributed by atoms with Crippen LogP contribution in [0.25, 0.3) is 0 Å². The quantitative estimate of drug-likeness (QED) is 0.564. The summed E-state index contributed by atoms with van der Waals surface area (Å²) in [6.07, 6.45) is 6.63. The van der Waals surface area contributed by atoms with Crippen LogP contribution in [0.1, 0.15) is 76.6 Å². The van der Waals surface area contributed by atoms with E-state index in [1.54, 1.807) is 30.9 Å². The van der Waals surface area contributed by atoms with Crippen molar-refractivity contribution in [3.63, 3.8) is 0 Å². The third-order valence-corrected chi connectivity index (χ3v) is 8.42. The standard InChI is InChI=1S/C24H39N3O4S/c1-6-27(7-2)32(30,31)21-16-12-13-19(17-21)23(28)25-22(18(3)4)24(29)26(5)20-14-10-8-9-11-15-20/h12-13,16-18,20,22H,6-11,14-15H2,1-5H3,(H,25,28)/t22-/m0/s1. The number of likely N-dealkylation sites (N-methyl/N-ethyl adjacent to an activating group) is 1. The van der Waals surface area contributed by atoms with Crippen molar-refractivity contribution in [1.82, 2.24) is 14.5 Å². The fourth-order valence-electron chi connectivity index (χ4n) is 4.29. The number of carbonyl (C=O) groups is 2. The molecule has 0 spiro atoms. The van der Waals surface area contributed by atoms with Gasteiger partial charge in [0, 0.05) is 31.7 Å². The maximum absolute atomic E-state index is 13.3. The van der Waals surface area contributed by atoms with Gasteiger partial charge in [0.2, 0.25) is 15.9 Å². The van der Waals surface area contributed by atoms with Gasteiger partial charge in [-0.05, 0) is 37.0 Å². The molecule has 1 aliphatic rings. The van der Waals surface area contributed by atoms with Gasteiger partial charge in [0.15, 0.2) is 0 Å². The van der Waals surface area contributed by atoms with Gasteiger partial charge in [0.1, 0.15) is 6.04 Å². The predicted octanol–water partition coefficient (Wildman–Crippen LogP) is 3.65. The highest BCUT2D eigenvalue weighted by atomic mass is 32.2. The number of carbonyl (C=O) groups excluding carboxylic acids is 2. The molecule has 180 valence electrons. The van der Waals surface area contributed by atoms with Crippen LogP contribution in [0.2, 0.25) is 0 Å². The van der Waals surface area contributed by atoms with E-state index in [-0.39, 0.29) is 28.3 Å². The minimum atomic E-state index is -3.67. The van der Waals surface area contributed by atoms with E-state index < -0.39 is 22.0 Å². The Morgan fingerprint density at radius 2 is 1.66 bits per heavy atom. The molecule has 1 atom stereocenters. The summed E-state index contributed by atoms with van der Waals surface area (Å²) < 4.78 is 27.0.